The highest BCUT2D eigenvalue weighted by Gasteiger charge is 2.15. The van der Waals surface area contributed by atoms with E-state index in [0.29, 0.717) is 23.6 Å². The van der Waals surface area contributed by atoms with E-state index in [1.54, 1.807) is 10.7 Å². The first-order valence-corrected chi connectivity index (χ1v) is 6.18. The van der Waals surface area contributed by atoms with Crippen molar-refractivity contribution in [3.05, 3.63) is 24.0 Å². The SMILES string of the molecule is CC(C)(C)CCn1nnnc1-c1cc(N)cc(F)c1. The summed E-state index contributed by atoms with van der Waals surface area (Å²) in [5, 5.41) is 11.6. The highest BCUT2D eigenvalue weighted by molar-refractivity contribution is 5.61. The summed E-state index contributed by atoms with van der Waals surface area (Å²) in [7, 11) is 0. The van der Waals surface area contributed by atoms with E-state index >= 15 is 0 Å². The van der Waals surface area contributed by atoms with Crippen molar-refractivity contribution in [3.8, 4) is 11.4 Å². The van der Waals surface area contributed by atoms with Crippen molar-refractivity contribution in [2.75, 3.05) is 5.73 Å². The van der Waals surface area contributed by atoms with Gasteiger partial charge in [-0.15, -0.1) is 5.10 Å². The first-order valence-electron chi connectivity index (χ1n) is 6.18. The third kappa shape index (κ3) is 3.49. The predicted octanol–water partition coefficient (Wildman–Crippen LogP) is 2.50. The van der Waals surface area contributed by atoms with Crippen LogP contribution in [0.3, 0.4) is 0 Å². The molecule has 1 aromatic heterocycles. The normalized spacial score (nSPS) is 11.8. The van der Waals surface area contributed by atoms with Gasteiger partial charge in [0.05, 0.1) is 0 Å². The average molecular weight is 263 g/mol. The zero-order chi connectivity index (χ0) is 14.0. The fourth-order valence-electron chi connectivity index (χ4n) is 1.74. The molecular formula is C13H18FN5. The van der Waals surface area contributed by atoms with E-state index in [9.17, 15) is 4.39 Å². The van der Waals surface area contributed by atoms with E-state index in [-0.39, 0.29) is 11.2 Å². The summed E-state index contributed by atoms with van der Waals surface area (Å²) in [4.78, 5) is 0. The van der Waals surface area contributed by atoms with Gasteiger partial charge in [0.25, 0.3) is 0 Å². The molecule has 0 bridgehead atoms. The maximum absolute atomic E-state index is 13.4. The molecule has 0 saturated carbocycles. The number of hydrogen-bond donors (Lipinski definition) is 1. The number of nitrogen functional groups attached to an aromatic ring is 1. The van der Waals surface area contributed by atoms with Crippen molar-refractivity contribution < 1.29 is 4.39 Å². The number of rotatable bonds is 3. The Bertz CT molecular complexity index is 550. The lowest BCUT2D eigenvalue weighted by Gasteiger charge is -2.17. The van der Waals surface area contributed by atoms with Crippen LogP contribution in [-0.2, 0) is 6.54 Å². The number of aromatic nitrogens is 4. The fraction of sp³-hybridized carbons (Fsp3) is 0.462. The fourth-order valence-corrected chi connectivity index (χ4v) is 1.74. The maximum atomic E-state index is 13.4. The molecule has 0 aliphatic carbocycles. The average Bonchev–Trinajstić information content (AvgIpc) is 2.72. The standard InChI is InChI=1S/C13H18FN5/c1-13(2,3)4-5-19-12(16-17-18-19)9-6-10(14)8-11(15)7-9/h6-8H,4-5,15H2,1-3H3. The Morgan fingerprint density at radius 3 is 2.63 bits per heavy atom. The van der Waals surface area contributed by atoms with Gasteiger partial charge in [0, 0.05) is 17.8 Å². The van der Waals surface area contributed by atoms with Gasteiger partial charge >= 0.3 is 0 Å². The summed E-state index contributed by atoms with van der Waals surface area (Å²) >= 11 is 0. The monoisotopic (exact) mass is 263 g/mol. The maximum Gasteiger partial charge on any atom is 0.182 e. The Morgan fingerprint density at radius 2 is 2.00 bits per heavy atom. The molecule has 1 heterocycles. The smallest absolute Gasteiger partial charge is 0.182 e. The highest BCUT2D eigenvalue weighted by atomic mass is 19.1. The number of hydrogen-bond acceptors (Lipinski definition) is 4. The van der Waals surface area contributed by atoms with Crippen LogP contribution in [0.1, 0.15) is 27.2 Å². The Kier molecular flexibility index (Phi) is 3.50. The second-order valence-electron chi connectivity index (χ2n) is 5.81. The predicted molar refractivity (Wildman–Crippen MR) is 71.7 cm³/mol. The van der Waals surface area contributed by atoms with E-state index < -0.39 is 0 Å². The molecule has 0 aliphatic heterocycles. The zero-order valence-corrected chi connectivity index (χ0v) is 11.4. The van der Waals surface area contributed by atoms with Gasteiger partial charge in [-0.25, -0.2) is 9.07 Å². The molecule has 0 saturated heterocycles. The van der Waals surface area contributed by atoms with Crippen LogP contribution < -0.4 is 5.73 Å². The lowest BCUT2D eigenvalue weighted by atomic mass is 9.92. The number of halogens is 1. The van der Waals surface area contributed by atoms with E-state index in [1.807, 2.05) is 0 Å². The van der Waals surface area contributed by atoms with Gasteiger partial charge in [0.15, 0.2) is 5.82 Å². The largest absolute Gasteiger partial charge is 0.399 e. The van der Waals surface area contributed by atoms with Crippen molar-refractivity contribution in [1.82, 2.24) is 20.2 Å². The molecule has 0 aliphatic rings. The molecule has 0 atom stereocenters. The van der Waals surface area contributed by atoms with E-state index in [2.05, 4.69) is 36.3 Å². The molecule has 19 heavy (non-hydrogen) atoms. The molecule has 2 aromatic rings. The van der Waals surface area contributed by atoms with Crippen molar-refractivity contribution >= 4 is 5.69 Å². The molecule has 0 amide bonds. The van der Waals surface area contributed by atoms with Crippen molar-refractivity contribution in [1.29, 1.82) is 0 Å². The molecule has 0 spiro atoms. The number of benzene rings is 1. The second kappa shape index (κ2) is 4.95. The summed E-state index contributed by atoms with van der Waals surface area (Å²) < 4.78 is 15.0. The van der Waals surface area contributed by atoms with Gasteiger partial charge in [-0.1, -0.05) is 20.8 Å². The molecule has 2 rings (SSSR count). The minimum atomic E-state index is -0.389. The van der Waals surface area contributed by atoms with E-state index in [1.165, 1.54) is 12.1 Å². The molecule has 5 nitrogen and oxygen atoms in total. The third-order valence-electron chi connectivity index (χ3n) is 2.78. The minimum absolute atomic E-state index is 0.185. The topological polar surface area (TPSA) is 69.6 Å². The first kappa shape index (κ1) is 13.5. The third-order valence-corrected chi connectivity index (χ3v) is 2.78. The quantitative estimate of drug-likeness (QED) is 0.864. The number of aryl methyl sites for hydroxylation is 1. The number of anilines is 1. The van der Waals surface area contributed by atoms with Crippen LogP contribution >= 0.6 is 0 Å². The van der Waals surface area contributed by atoms with Crippen LogP contribution in [0.5, 0.6) is 0 Å². The zero-order valence-electron chi connectivity index (χ0n) is 11.4. The molecule has 2 N–H and O–H groups in total. The van der Waals surface area contributed by atoms with E-state index in [4.69, 9.17) is 5.73 Å². The molecule has 0 fully saturated rings. The van der Waals surface area contributed by atoms with Crippen molar-refractivity contribution in [3.63, 3.8) is 0 Å². The van der Waals surface area contributed by atoms with Crippen LogP contribution in [0.15, 0.2) is 18.2 Å². The number of tetrazole rings is 1. The van der Waals surface area contributed by atoms with E-state index in [0.717, 1.165) is 6.42 Å². The van der Waals surface area contributed by atoms with Gasteiger partial charge < -0.3 is 5.73 Å². The van der Waals surface area contributed by atoms with Gasteiger partial charge in [-0.05, 0) is 40.5 Å². The molecule has 1 aromatic carbocycles. The van der Waals surface area contributed by atoms with Gasteiger partial charge in [-0.3, -0.25) is 0 Å². The van der Waals surface area contributed by atoms with Crippen molar-refractivity contribution in [2.45, 2.75) is 33.7 Å². The van der Waals surface area contributed by atoms with Gasteiger partial charge in [0.1, 0.15) is 5.82 Å². The Hall–Kier alpha value is -1.98. The van der Waals surface area contributed by atoms with Crippen LogP contribution in [-0.4, -0.2) is 20.2 Å². The lowest BCUT2D eigenvalue weighted by Crippen LogP contribution is -2.12. The second-order valence-corrected chi connectivity index (χ2v) is 5.81. The van der Waals surface area contributed by atoms with Gasteiger partial charge in [0.2, 0.25) is 0 Å². The lowest BCUT2D eigenvalue weighted by molar-refractivity contribution is 0.340. The Labute approximate surface area is 111 Å². The molecule has 0 unspecified atom stereocenters. The Morgan fingerprint density at radius 1 is 1.26 bits per heavy atom. The Balaban J connectivity index is 2.28. The highest BCUT2D eigenvalue weighted by Crippen LogP contribution is 2.23. The summed E-state index contributed by atoms with van der Waals surface area (Å²) in [6, 6.07) is 4.32. The summed E-state index contributed by atoms with van der Waals surface area (Å²) in [5.41, 5.74) is 6.78. The van der Waals surface area contributed by atoms with Crippen LogP contribution in [0.2, 0.25) is 0 Å². The van der Waals surface area contributed by atoms with Gasteiger partial charge in [-0.2, -0.15) is 0 Å². The first-order chi connectivity index (χ1) is 8.85. The summed E-state index contributed by atoms with van der Waals surface area (Å²) in [6.45, 7) is 7.13. The van der Waals surface area contributed by atoms with Crippen LogP contribution in [0, 0.1) is 11.2 Å². The molecule has 6 heteroatoms. The summed E-state index contributed by atoms with van der Waals surface area (Å²) in [5.74, 6) is 0.149. The molecule has 0 radical (unpaired) electrons. The van der Waals surface area contributed by atoms with Crippen molar-refractivity contribution in [2.24, 2.45) is 5.41 Å². The molecule has 102 valence electrons. The minimum Gasteiger partial charge on any atom is -0.399 e. The number of nitrogens with zero attached hydrogens (tertiary/aromatic N) is 4. The number of nitrogens with two attached hydrogens (primary N) is 1. The van der Waals surface area contributed by atoms with Crippen LogP contribution in [0.4, 0.5) is 10.1 Å². The molecular weight excluding hydrogens is 245 g/mol. The summed E-state index contributed by atoms with van der Waals surface area (Å²) in [6.07, 6.45) is 0.926. The van der Waals surface area contributed by atoms with Crippen LogP contribution in [0.25, 0.3) is 11.4 Å².